The van der Waals surface area contributed by atoms with E-state index in [4.69, 9.17) is 45.6 Å². The molecule has 0 saturated carbocycles. The molecule has 1 unspecified atom stereocenters. The Hall–Kier alpha value is 0.650. The van der Waals surface area contributed by atoms with E-state index in [1.54, 1.807) is 0 Å². The van der Waals surface area contributed by atoms with Crippen molar-refractivity contribution in [1.29, 1.82) is 0 Å². The molecule has 0 aliphatic heterocycles. The molecule has 0 aromatic rings. The Morgan fingerprint density at radius 2 is 1.92 bits per heavy atom. The number of halogens is 3. The van der Waals surface area contributed by atoms with Crippen LogP contribution in [0.1, 0.15) is 0 Å². The molecule has 3 N–H and O–H groups in total. The highest BCUT2D eigenvalue weighted by Gasteiger charge is 2.08. The smallest absolute Gasteiger partial charge is 0.321 e. The molecule has 0 bridgehead atoms. The lowest BCUT2D eigenvalue weighted by Crippen LogP contribution is -2.32. The van der Waals surface area contributed by atoms with Crippen LogP contribution in [0, 0.1) is 0 Å². The molecule has 0 aromatic heterocycles. The number of carboxylic acid groups (broad SMARTS) is 1. The fraction of sp³-hybridized carbons (Fsp3) is 0.800. The molecular weight excluding hydrogens is 244 g/mol. The molecule has 0 aromatic carbocycles. The van der Waals surface area contributed by atoms with E-state index >= 15 is 0 Å². The first kappa shape index (κ1) is 15.1. The van der Waals surface area contributed by atoms with Gasteiger partial charge in [0.2, 0.25) is 0 Å². The average Bonchev–Trinajstić information content (AvgIpc) is 1.86. The van der Waals surface area contributed by atoms with Crippen molar-refractivity contribution in [3.63, 3.8) is 0 Å². The molecular formula is C5H10Cl3NO2S. The SMILES string of the molecule is CSCC(N)C(=O)O.ClC(Cl)Cl. The first-order chi connectivity index (χ1) is 5.41. The normalized spacial score (nSPS) is 11.8. The van der Waals surface area contributed by atoms with Gasteiger partial charge in [0.1, 0.15) is 6.04 Å². The number of hydrogen-bond donors (Lipinski definition) is 2. The third-order valence-corrected chi connectivity index (χ3v) is 1.36. The first-order valence-electron chi connectivity index (χ1n) is 2.81. The molecule has 1 atom stereocenters. The van der Waals surface area contributed by atoms with Gasteiger partial charge in [-0.2, -0.15) is 11.8 Å². The van der Waals surface area contributed by atoms with Crippen molar-refractivity contribution in [3.8, 4) is 0 Å². The second kappa shape index (κ2) is 9.74. The fourth-order valence-corrected chi connectivity index (χ4v) is 0.753. The zero-order valence-corrected chi connectivity index (χ0v) is 9.42. The predicted octanol–water partition coefficient (Wildman–Crippen LogP) is 1.75. The second-order valence-electron chi connectivity index (χ2n) is 1.65. The summed E-state index contributed by atoms with van der Waals surface area (Å²) < 4.78 is -0.750. The molecule has 7 heteroatoms. The van der Waals surface area contributed by atoms with Gasteiger partial charge in [-0.3, -0.25) is 4.79 Å². The fourth-order valence-electron chi connectivity index (χ4n) is 0.251. The van der Waals surface area contributed by atoms with E-state index in [0.29, 0.717) is 5.75 Å². The van der Waals surface area contributed by atoms with Crippen LogP contribution in [0.2, 0.25) is 0 Å². The molecule has 3 nitrogen and oxygen atoms in total. The van der Waals surface area contributed by atoms with Crippen LogP contribution in [-0.2, 0) is 4.79 Å². The first-order valence-corrected chi connectivity index (χ1v) is 5.51. The highest BCUT2D eigenvalue weighted by atomic mass is 35.6. The minimum atomic E-state index is -0.931. The largest absolute Gasteiger partial charge is 0.480 e. The minimum absolute atomic E-state index is 0.481. The quantitative estimate of drug-likeness (QED) is 0.753. The summed E-state index contributed by atoms with van der Waals surface area (Å²) in [6, 6.07) is -0.704. The van der Waals surface area contributed by atoms with Gasteiger partial charge in [0.25, 0.3) is 0 Å². The van der Waals surface area contributed by atoms with E-state index in [9.17, 15) is 4.79 Å². The van der Waals surface area contributed by atoms with Gasteiger partial charge >= 0.3 is 5.97 Å². The maximum absolute atomic E-state index is 9.95. The van der Waals surface area contributed by atoms with Crippen LogP contribution in [0.25, 0.3) is 0 Å². The van der Waals surface area contributed by atoms with Gasteiger partial charge in [-0.05, 0) is 6.26 Å². The van der Waals surface area contributed by atoms with Crippen LogP contribution >= 0.6 is 46.6 Å². The summed E-state index contributed by atoms with van der Waals surface area (Å²) in [4.78, 5) is 9.95. The summed E-state index contributed by atoms with van der Waals surface area (Å²) >= 11 is 15.8. The Balaban J connectivity index is 0. The van der Waals surface area contributed by atoms with Gasteiger partial charge < -0.3 is 10.8 Å². The average molecular weight is 255 g/mol. The molecule has 0 heterocycles. The molecule has 0 radical (unpaired) electrons. The van der Waals surface area contributed by atoms with E-state index < -0.39 is 16.3 Å². The number of thioether (sulfide) groups is 1. The molecule has 0 fully saturated rings. The number of carboxylic acids is 1. The number of carbonyl (C=O) groups is 1. The van der Waals surface area contributed by atoms with Crippen molar-refractivity contribution < 1.29 is 9.90 Å². The van der Waals surface area contributed by atoms with Crippen LogP contribution in [-0.4, -0.2) is 33.4 Å². The maximum atomic E-state index is 9.95. The molecule has 0 saturated heterocycles. The second-order valence-corrected chi connectivity index (χ2v) is 4.54. The Labute approximate surface area is 90.5 Å². The van der Waals surface area contributed by atoms with E-state index in [-0.39, 0.29) is 0 Å². The molecule has 0 aliphatic rings. The standard InChI is InChI=1S/C4H9NO2S.CHCl3/c1-8-2-3(5)4(6)7;2-1(3)4/h3H,2,5H2,1H3,(H,6,7);1H. The van der Waals surface area contributed by atoms with Gasteiger partial charge in [0.15, 0.2) is 4.30 Å². The van der Waals surface area contributed by atoms with Gasteiger partial charge in [-0.15, -0.1) is 0 Å². The highest BCUT2D eigenvalue weighted by Crippen LogP contribution is 2.03. The van der Waals surface area contributed by atoms with Crippen molar-refractivity contribution in [2.75, 3.05) is 12.0 Å². The van der Waals surface area contributed by atoms with E-state index in [1.807, 2.05) is 6.26 Å². The third-order valence-electron chi connectivity index (χ3n) is 0.663. The van der Waals surface area contributed by atoms with Gasteiger partial charge in [-0.25, -0.2) is 0 Å². The third kappa shape index (κ3) is 16.9. The van der Waals surface area contributed by atoms with Crippen molar-refractivity contribution in [2.24, 2.45) is 5.73 Å². The topological polar surface area (TPSA) is 63.3 Å². The number of rotatable bonds is 3. The Morgan fingerprint density at radius 1 is 1.58 bits per heavy atom. The van der Waals surface area contributed by atoms with Crippen LogP contribution in [0.15, 0.2) is 0 Å². The van der Waals surface area contributed by atoms with Crippen LogP contribution < -0.4 is 5.73 Å². The Bertz CT molecular complexity index is 123. The number of hydrogen-bond acceptors (Lipinski definition) is 3. The molecule has 12 heavy (non-hydrogen) atoms. The van der Waals surface area contributed by atoms with Gasteiger partial charge in [-0.1, -0.05) is 34.8 Å². The summed E-state index contributed by atoms with van der Waals surface area (Å²) in [6.45, 7) is 0. The van der Waals surface area contributed by atoms with Crippen LogP contribution in [0.4, 0.5) is 0 Å². The lowest BCUT2D eigenvalue weighted by atomic mass is 10.4. The number of nitrogens with two attached hydrogens (primary N) is 1. The van der Waals surface area contributed by atoms with Gasteiger partial charge in [0, 0.05) is 5.75 Å². The zero-order valence-electron chi connectivity index (χ0n) is 6.34. The van der Waals surface area contributed by atoms with E-state index in [2.05, 4.69) is 0 Å². The monoisotopic (exact) mass is 253 g/mol. The maximum Gasteiger partial charge on any atom is 0.321 e. The summed E-state index contributed by atoms with van der Waals surface area (Å²) in [5, 5.41) is 8.17. The van der Waals surface area contributed by atoms with Crippen molar-refractivity contribution >= 4 is 52.5 Å². The van der Waals surface area contributed by atoms with Crippen LogP contribution in [0.5, 0.6) is 0 Å². The lowest BCUT2D eigenvalue weighted by molar-refractivity contribution is -0.137. The van der Waals surface area contributed by atoms with Crippen LogP contribution in [0.3, 0.4) is 0 Å². The summed E-state index contributed by atoms with van der Waals surface area (Å²) in [6.07, 6.45) is 1.82. The minimum Gasteiger partial charge on any atom is -0.480 e. The lowest BCUT2D eigenvalue weighted by Gasteiger charge is -2.00. The van der Waals surface area contributed by atoms with Gasteiger partial charge in [0.05, 0.1) is 0 Å². The van der Waals surface area contributed by atoms with E-state index in [0.717, 1.165) is 0 Å². The number of alkyl halides is 3. The molecule has 0 amide bonds. The summed E-state index contributed by atoms with van der Waals surface area (Å²) in [7, 11) is 0. The molecule has 0 aliphatic carbocycles. The predicted molar refractivity (Wildman–Crippen MR) is 55.3 cm³/mol. The Kier molecular flexibility index (Phi) is 12.3. The zero-order chi connectivity index (χ0) is 10.1. The van der Waals surface area contributed by atoms with Crippen molar-refractivity contribution in [1.82, 2.24) is 0 Å². The summed E-state index contributed by atoms with van der Waals surface area (Å²) in [5.41, 5.74) is 5.11. The molecule has 74 valence electrons. The van der Waals surface area contributed by atoms with Crippen molar-refractivity contribution in [3.05, 3.63) is 0 Å². The summed E-state index contributed by atoms with van der Waals surface area (Å²) in [5.74, 6) is -0.450. The molecule has 0 rings (SSSR count). The molecule has 0 spiro atoms. The Morgan fingerprint density at radius 3 is 2.00 bits per heavy atom. The highest BCUT2D eigenvalue weighted by molar-refractivity contribution is 7.98. The van der Waals surface area contributed by atoms with Crippen molar-refractivity contribution in [2.45, 2.75) is 10.3 Å². The number of aliphatic carboxylic acids is 1. The van der Waals surface area contributed by atoms with E-state index in [1.165, 1.54) is 11.8 Å².